The topological polar surface area (TPSA) is 65.9 Å². The fourth-order valence-corrected chi connectivity index (χ4v) is 1.83. The first kappa shape index (κ1) is 11.9. The maximum atomic E-state index is 9.11. The van der Waals surface area contributed by atoms with Crippen molar-refractivity contribution in [1.29, 1.82) is 5.26 Å². The summed E-state index contributed by atoms with van der Waals surface area (Å²) < 4.78 is 0. The molecule has 1 aromatic heterocycles. The fraction of sp³-hybridized carbons (Fsp3) is 0.143. The number of nitrogens with two attached hydrogens (primary N) is 1. The molecule has 0 aliphatic heterocycles. The van der Waals surface area contributed by atoms with Crippen LogP contribution in [0.15, 0.2) is 42.7 Å². The SMILES string of the molecule is CN(Cc1cccnc1)c1ccc(N)cc1C#N. The zero-order chi connectivity index (χ0) is 13.0. The molecule has 0 saturated heterocycles. The van der Waals surface area contributed by atoms with E-state index in [9.17, 15) is 0 Å². The van der Waals surface area contributed by atoms with E-state index in [4.69, 9.17) is 11.0 Å². The second kappa shape index (κ2) is 5.19. The number of hydrogen-bond acceptors (Lipinski definition) is 4. The van der Waals surface area contributed by atoms with Crippen molar-refractivity contribution in [3.8, 4) is 6.07 Å². The number of aromatic nitrogens is 1. The number of nitriles is 1. The van der Waals surface area contributed by atoms with Gasteiger partial charge in [0.25, 0.3) is 0 Å². The lowest BCUT2D eigenvalue weighted by molar-refractivity contribution is 0.913. The van der Waals surface area contributed by atoms with E-state index in [-0.39, 0.29) is 0 Å². The maximum absolute atomic E-state index is 9.11. The first-order valence-corrected chi connectivity index (χ1v) is 5.60. The highest BCUT2D eigenvalue weighted by Crippen LogP contribution is 2.22. The van der Waals surface area contributed by atoms with Crippen LogP contribution < -0.4 is 10.6 Å². The number of nitrogen functional groups attached to an aromatic ring is 1. The molecular weight excluding hydrogens is 224 g/mol. The van der Waals surface area contributed by atoms with E-state index >= 15 is 0 Å². The summed E-state index contributed by atoms with van der Waals surface area (Å²) in [6.45, 7) is 0.701. The molecule has 90 valence electrons. The fourth-order valence-electron chi connectivity index (χ4n) is 1.83. The molecule has 0 saturated carbocycles. The minimum Gasteiger partial charge on any atom is -0.399 e. The third-order valence-corrected chi connectivity index (χ3v) is 2.69. The minimum absolute atomic E-state index is 0.585. The average molecular weight is 238 g/mol. The van der Waals surface area contributed by atoms with E-state index in [0.717, 1.165) is 11.3 Å². The van der Waals surface area contributed by atoms with Crippen LogP contribution in [0, 0.1) is 11.3 Å². The predicted molar refractivity (Wildman–Crippen MR) is 71.9 cm³/mol. The third kappa shape index (κ3) is 2.58. The van der Waals surface area contributed by atoms with Crippen LogP contribution in [0.2, 0.25) is 0 Å². The first-order chi connectivity index (χ1) is 8.70. The van der Waals surface area contributed by atoms with Crippen LogP contribution in [0.4, 0.5) is 11.4 Å². The van der Waals surface area contributed by atoms with Crippen molar-refractivity contribution in [1.82, 2.24) is 4.98 Å². The van der Waals surface area contributed by atoms with Gasteiger partial charge in [0.05, 0.1) is 11.3 Å². The summed E-state index contributed by atoms with van der Waals surface area (Å²) in [5.74, 6) is 0. The Balaban J connectivity index is 2.24. The molecule has 0 atom stereocenters. The summed E-state index contributed by atoms with van der Waals surface area (Å²) in [6, 6.07) is 11.4. The molecule has 0 aliphatic carbocycles. The summed E-state index contributed by atoms with van der Waals surface area (Å²) in [6.07, 6.45) is 3.56. The predicted octanol–water partition coefficient (Wildman–Crippen LogP) is 2.17. The van der Waals surface area contributed by atoms with Crippen molar-refractivity contribution in [3.05, 3.63) is 53.9 Å². The minimum atomic E-state index is 0.585. The van der Waals surface area contributed by atoms with Gasteiger partial charge in [0, 0.05) is 31.7 Å². The van der Waals surface area contributed by atoms with Crippen molar-refractivity contribution < 1.29 is 0 Å². The zero-order valence-electron chi connectivity index (χ0n) is 10.2. The van der Waals surface area contributed by atoms with E-state index < -0.39 is 0 Å². The lowest BCUT2D eigenvalue weighted by atomic mass is 10.1. The Labute approximate surface area is 106 Å². The van der Waals surface area contributed by atoms with Crippen molar-refractivity contribution >= 4 is 11.4 Å². The standard InChI is InChI=1S/C14H14N4/c1-18(10-11-3-2-6-17-9-11)14-5-4-13(16)7-12(14)8-15/h2-7,9H,10,16H2,1H3. The van der Waals surface area contributed by atoms with Crippen LogP contribution in [0.5, 0.6) is 0 Å². The first-order valence-electron chi connectivity index (χ1n) is 5.60. The summed E-state index contributed by atoms with van der Waals surface area (Å²) >= 11 is 0. The Morgan fingerprint density at radius 3 is 2.89 bits per heavy atom. The van der Waals surface area contributed by atoms with E-state index in [1.54, 1.807) is 18.3 Å². The lowest BCUT2D eigenvalue weighted by Crippen LogP contribution is -2.17. The van der Waals surface area contributed by atoms with Gasteiger partial charge < -0.3 is 10.6 Å². The molecule has 0 fully saturated rings. The Kier molecular flexibility index (Phi) is 3.44. The summed E-state index contributed by atoms with van der Waals surface area (Å²) in [4.78, 5) is 6.09. The molecule has 2 N–H and O–H groups in total. The van der Waals surface area contributed by atoms with Crippen LogP contribution in [0.3, 0.4) is 0 Å². The van der Waals surface area contributed by atoms with E-state index in [2.05, 4.69) is 11.1 Å². The van der Waals surface area contributed by atoms with Crippen LogP contribution >= 0.6 is 0 Å². The summed E-state index contributed by atoms with van der Waals surface area (Å²) in [5.41, 5.74) is 8.83. The number of anilines is 2. The number of pyridine rings is 1. The van der Waals surface area contributed by atoms with Gasteiger partial charge in [-0.25, -0.2) is 0 Å². The molecule has 0 bridgehead atoms. The van der Waals surface area contributed by atoms with E-state index in [0.29, 0.717) is 17.8 Å². The number of hydrogen-bond donors (Lipinski definition) is 1. The van der Waals surface area contributed by atoms with Crippen LogP contribution in [-0.2, 0) is 6.54 Å². The molecule has 4 heteroatoms. The normalized spacial score (nSPS) is 9.78. The van der Waals surface area contributed by atoms with E-state index in [1.807, 2.05) is 36.3 Å². The molecule has 2 aromatic rings. The monoisotopic (exact) mass is 238 g/mol. The van der Waals surface area contributed by atoms with Gasteiger partial charge in [0.1, 0.15) is 6.07 Å². The highest BCUT2D eigenvalue weighted by atomic mass is 15.1. The van der Waals surface area contributed by atoms with Crippen LogP contribution in [0.25, 0.3) is 0 Å². The highest BCUT2D eigenvalue weighted by molar-refractivity contribution is 5.64. The highest BCUT2D eigenvalue weighted by Gasteiger charge is 2.08. The Bertz CT molecular complexity index is 572. The van der Waals surface area contributed by atoms with Crippen molar-refractivity contribution in [3.63, 3.8) is 0 Å². The summed E-state index contributed by atoms with van der Waals surface area (Å²) in [5, 5.41) is 9.11. The maximum Gasteiger partial charge on any atom is 0.101 e. The van der Waals surface area contributed by atoms with Crippen LogP contribution in [-0.4, -0.2) is 12.0 Å². The largest absolute Gasteiger partial charge is 0.399 e. The third-order valence-electron chi connectivity index (χ3n) is 2.69. The van der Waals surface area contributed by atoms with Gasteiger partial charge in [0.2, 0.25) is 0 Å². The van der Waals surface area contributed by atoms with Gasteiger partial charge >= 0.3 is 0 Å². The Morgan fingerprint density at radius 2 is 2.22 bits per heavy atom. The Morgan fingerprint density at radius 1 is 1.39 bits per heavy atom. The molecule has 0 aliphatic rings. The van der Waals surface area contributed by atoms with Gasteiger partial charge in [0.15, 0.2) is 0 Å². The smallest absolute Gasteiger partial charge is 0.101 e. The van der Waals surface area contributed by atoms with E-state index in [1.165, 1.54) is 0 Å². The quantitative estimate of drug-likeness (QED) is 0.832. The molecule has 1 aromatic carbocycles. The molecule has 0 unspecified atom stereocenters. The van der Waals surface area contributed by atoms with Gasteiger partial charge in [-0.1, -0.05) is 6.07 Å². The molecule has 4 nitrogen and oxygen atoms in total. The number of benzene rings is 1. The molecule has 0 radical (unpaired) electrons. The molecule has 1 heterocycles. The second-order valence-corrected chi connectivity index (χ2v) is 4.11. The zero-order valence-corrected chi connectivity index (χ0v) is 10.2. The second-order valence-electron chi connectivity index (χ2n) is 4.11. The van der Waals surface area contributed by atoms with Crippen molar-refractivity contribution in [2.45, 2.75) is 6.54 Å². The molecule has 18 heavy (non-hydrogen) atoms. The molecular formula is C14H14N4. The average Bonchev–Trinajstić information content (AvgIpc) is 2.39. The number of nitrogens with zero attached hydrogens (tertiary/aromatic N) is 3. The van der Waals surface area contributed by atoms with Crippen molar-refractivity contribution in [2.75, 3.05) is 17.7 Å². The molecule has 2 rings (SSSR count). The lowest BCUT2D eigenvalue weighted by Gasteiger charge is -2.20. The van der Waals surface area contributed by atoms with Gasteiger partial charge in [-0.2, -0.15) is 5.26 Å². The van der Waals surface area contributed by atoms with Gasteiger partial charge in [-0.15, -0.1) is 0 Å². The van der Waals surface area contributed by atoms with Crippen molar-refractivity contribution in [2.24, 2.45) is 0 Å². The van der Waals surface area contributed by atoms with Crippen LogP contribution in [0.1, 0.15) is 11.1 Å². The number of rotatable bonds is 3. The molecule has 0 amide bonds. The summed E-state index contributed by atoms with van der Waals surface area (Å²) in [7, 11) is 1.94. The molecule has 0 spiro atoms. The van der Waals surface area contributed by atoms with Gasteiger partial charge in [-0.05, 0) is 29.8 Å². The Hall–Kier alpha value is -2.54. The van der Waals surface area contributed by atoms with Gasteiger partial charge in [-0.3, -0.25) is 4.98 Å².